The van der Waals surface area contributed by atoms with E-state index in [2.05, 4.69) is 21.2 Å². The van der Waals surface area contributed by atoms with E-state index in [9.17, 15) is 9.18 Å². The summed E-state index contributed by atoms with van der Waals surface area (Å²) in [5, 5.41) is 3.20. The number of hydrogen-bond acceptors (Lipinski definition) is 2. The highest BCUT2D eigenvalue weighted by Crippen LogP contribution is 2.19. The van der Waals surface area contributed by atoms with Gasteiger partial charge in [-0.3, -0.25) is 4.79 Å². The molecule has 0 aliphatic heterocycles. The predicted octanol–water partition coefficient (Wildman–Crippen LogP) is 3.01. The lowest BCUT2D eigenvalue weighted by Crippen LogP contribution is -2.37. The Morgan fingerprint density at radius 3 is 2.94 bits per heavy atom. The van der Waals surface area contributed by atoms with Crippen LogP contribution in [0.25, 0.3) is 0 Å². The van der Waals surface area contributed by atoms with Gasteiger partial charge in [0.25, 0.3) is 5.91 Å². The molecule has 1 aromatic rings. The standard InChI is InChI=1S/C12H14BrClFNO2/c1-18-6-5-8(7-13)16-12(17)9-3-2-4-10(15)11(9)14/h2-4,8H,5-7H2,1H3,(H,16,17). The fourth-order valence-corrected chi connectivity index (χ4v) is 2.09. The molecule has 1 amide bonds. The smallest absolute Gasteiger partial charge is 0.253 e. The first kappa shape index (κ1) is 15.4. The summed E-state index contributed by atoms with van der Waals surface area (Å²) in [6.45, 7) is 0.535. The van der Waals surface area contributed by atoms with Crippen LogP contribution in [0.2, 0.25) is 5.02 Å². The number of carbonyl (C=O) groups is 1. The molecule has 1 aromatic carbocycles. The van der Waals surface area contributed by atoms with Gasteiger partial charge < -0.3 is 10.1 Å². The molecule has 100 valence electrons. The molecule has 6 heteroatoms. The van der Waals surface area contributed by atoms with Crippen molar-refractivity contribution in [1.29, 1.82) is 0 Å². The normalized spacial score (nSPS) is 12.2. The molecule has 0 spiro atoms. The zero-order valence-electron chi connectivity index (χ0n) is 9.88. The minimum absolute atomic E-state index is 0.0863. The molecule has 0 aromatic heterocycles. The first-order valence-electron chi connectivity index (χ1n) is 5.40. The summed E-state index contributed by atoms with van der Waals surface area (Å²) < 4.78 is 18.2. The van der Waals surface area contributed by atoms with Crippen LogP contribution >= 0.6 is 27.5 Å². The SMILES string of the molecule is COCCC(CBr)NC(=O)c1cccc(F)c1Cl. The maximum atomic E-state index is 13.2. The second-order valence-electron chi connectivity index (χ2n) is 3.71. The number of ether oxygens (including phenoxy) is 1. The van der Waals surface area contributed by atoms with E-state index in [0.29, 0.717) is 18.4 Å². The van der Waals surface area contributed by atoms with Gasteiger partial charge in [0.05, 0.1) is 10.6 Å². The van der Waals surface area contributed by atoms with E-state index in [0.717, 1.165) is 0 Å². The van der Waals surface area contributed by atoms with E-state index >= 15 is 0 Å². The Morgan fingerprint density at radius 2 is 2.33 bits per heavy atom. The van der Waals surface area contributed by atoms with Crippen LogP contribution in [0.5, 0.6) is 0 Å². The Balaban J connectivity index is 2.72. The zero-order valence-corrected chi connectivity index (χ0v) is 12.2. The summed E-state index contributed by atoms with van der Waals surface area (Å²) in [5.41, 5.74) is 0.139. The second kappa shape index (κ2) is 7.71. The summed E-state index contributed by atoms with van der Waals surface area (Å²) in [5.74, 6) is -0.989. The maximum Gasteiger partial charge on any atom is 0.253 e. The van der Waals surface area contributed by atoms with Gasteiger partial charge in [0.1, 0.15) is 5.82 Å². The number of halogens is 3. The van der Waals surface area contributed by atoms with Crippen molar-refractivity contribution >= 4 is 33.4 Å². The van der Waals surface area contributed by atoms with Gasteiger partial charge in [-0.2, -0.15) is 0 Å². The Morgan fingerprint density at radius 1 is 1.61 bits per heavy atom. The van der Waals surface area contributed by atoms with Crippen LogP contribution in [0.15, 0.2) is 18.2 Å². The number of rotatable bonds is 6. The highest BCUT2D eigenvalue weighted by atomic mass is 79.9. The molecule has 0 radical (unpaired) electrons. The van der Waals surface area contributed by atoms with Crippen LogP contribution in [0.3, 0.4) is 0 Å². The van der Waals surface area contributed by atoms with Crippen LogP contribution in [0.1, 0.15) is 16.8 Å². The van der Waals surface area contributed by atoms with E-state index < -0.39 is 5.82 Å². The summed E-state index contributed by atoms with van der Waals surface area (Å²) >= 11 is 9.05. The number of nitrogens with one attached hydrogen (secondary N) is 1. The van der Waals surface area contributed by atoms with E-state index in [-0.39, 0.29) is 22.5 Å². The molecule has 0 saturated heterocycles. The van der Waals surface area contributed by atoms with Crippen molar-refractivity contribution in [3.8, 4) is 0 Å². The van der Waals surface area contributed by atoms with Gasteiger partial charge in [-0.15, -0.1) is 0 Å². The van der Waals surface area contributed by atoms with E-state index in [4.69, 9.17) is 16.3 Å². The first-order valence-corrected chi connectivity index (χ1v) is 6.89. The largest absolute Gasteiger partial charge is 0.385 e. The van der Waals surface area contributed by atoms with Crippen molar-refractivity contribution in [3.05, 3.63) is 34.6 Å². The molecule has 0 bridgehead atoms. The molecular weight excluding hydrogens is 324 g/mol. The Bertz CT molecular complexity index is 417. The molecule has 0 fully saturated rings. The van der Waals surface area contributed by atoms with Crippen LogP contribution < -0.4 is 5.32 Å². The molecule has 1 rings (SSSR count). The Kier molecular flexibility index (Phi) is 6.60. The molecule has 0 aliphatic rings. The van der Waals surface area contributed by atoms with Gasteiger partial charge in [0.15, 0.2) is 0 Å². The van der Waals surface area contributed by atoms with Crippen LogP contribution in [0.4, 0.5) is 4.39 Å². The van der Waals surface area contributed by atoms with Crippen molar-refractivity contribution in [2.45, 2.75) is 12.5 Å². The highest BCUT2D eigenvalue weighted by molar-refractivity contribution is 9.09. The summed E-state index contributed by atoms with van der Waals surface area (Å²) in [7, 11) is 1.59. The Hall–Kier alpha value is -0.650. The van der Waals surface area contributed by atoms with Crippen molar-refractivity contribution in [3.63, 3.8) is 0 Å². The average molecular weight is 339 g/mol. The average Bonchev–Trinajstić information content (AvgIpc) is 2.37. The van der Waals surface area contributed by atoms with Gasteiger partial charge in [-0.25, -0.2) is 4.39 Å². The third-order valence-electron chi connectivity index (χ3n) is 2.39. The number of carbonyl (C=O) groups excluding carboxylic acids is 1. The molecular formula is C12H14BrClFNO2. The van der Waals surface area contributed by atoms with Gasteiger partial charge in [-0.05, 0) is 18.6 Å². The number of benzene rings is 1. The predicted molar refractivity (Wildman–Crippen MR) is 73.0 cm³/mol. The van der Waals surface area contributed by atoms with Crippen molar-refractivity contribution < 1.29 is 13.9 Å². The Labute approximate surface area is 119 Å². The highest BCUT2D eigenvalue weighted by Gasteiger charge is 2.16. The van der Waals surface area contributed by atoms with Gasteiger partial charge in [0.2, 0.25) is 0 Å². The fourth-order valence-electron chi connectivity index (χ4n) is 1.39. The van der Waals surface area contributed by atoms with Crippen molar-refractivity contribution in [2.75, 3.05) is 19.0 Å². The van der Waals surface area contributed by atoms with Gasteiger partial charge >= 0.3 is 0 Å². The lowest BCUT2D eigenvalue weighted by Gasteiger charge is -2.16. The third-order valence-corrected chi connectivity index (χ3v) is 3.55. The number of amides is 1. The molecule has 0 saturated carbocycles. The van der Waals surface area contributed by atoms with Crippen molar-refractivity contribution in [2.24, 2.45) is 0 Å². The lowest BCUT2D eigenvalue weighted by atomic mass is 10.1. The maximum absolute atomic E-state index is 13.2. The summed E-state index contributed by atoms with van der Waals surface area (Å²) in [4.78, 5) is 11.9. The minimum atomic E-state index is -0.600. The van der Waals surface area contributed by atoms with Gasteiger partial charge in [0, 0.05) is 25.1 Å². The number of alkyl halides is 1. The minimum Gasteiger partial charge on any atom is -0.385 e. The summed E-state index contributed by atoms with van der Waals surface area (Å²) in [6.07, 6.45) is 0.667. The number of methoxy groups -OCH3 is 1. The summed E-state index contributed by atoms with van der Waals surface area (Å²) in [6, 6.07) is 4.07. The number of hydrogen-bond donors (Lipinski definition) is 1. The molecule has 1 N–H and O–H groups in total. The van der Waals surface area contributed by atoms with Crippen LogP contribution in [0, 0.1) is 5.82 Å². The van der Waals surface area contributed by atoms with E-state index in [1.807, 2.05) is 0 Å². The fraction of sp³-hybridized carbons (Fsp3) is 0.417. The van der Waals surface area contributed by atoms with Crippen LogP contribution in [-0.4, -0.2) is 31.0 Å². The monoisotopic (exact) mass is 337 g/mol. The van der Waals surface area contributed by atoms with E-state index in [1.54, 1.807) is 7.11 Å². The van der Waals surface area contributed by atoms with Gasteiger partial charge in [-0.1, -0.05) is 33.6 Å². The first-order chi connectivity index (χ1) is 8.60. The molecule has 3 nitrogen and oxygen atoms in total. The molecule has 1 unspecified atom stereocenters. The lowest BCUT2D eigenvalue weighted by molar-refractivity contribution is 0.0930. The van der Waals surface area contributed by atoms with Crippen molar-refractivity contribution in [1.82, 2.24) is 5.32 Å². The molecule has 18 heavy (non-hydrogen) atoms. The molecule has 0 heterocycles. The van der Waals surface area contributed by atoms with E-state index in [1.165, 1.54) is 18.2 Å². The zero-order chi connectivity index (χ0) is 13.5. The molecule has 1 atom stereocenters. The molecule has 0 aliphatic carbocycles. The van der Waals surface area contributed by atoms with Crippen LogP contribution in [-0.2, 0) is 4.74 Å². The third kappa shape index (κ3) is 4.23. The quantitative estimate of drug-likeness (QED) is 0.810. The second-order valence-corrected chi connectivity index (χ2v) is 4.73. The topological polar surface area (TPSA) is 38.3 Å².